The van der Waals surface area contributed by atoms with E-state index in [-0.39, 0.29) is 12.1 Å². The van der Waals surface area contributed by atoms with E-state index in [9.17, 15) is 9.59 Å². The standard InChI is InChI=1S/C31H32O4/c1-4-5-6-7-8-24-9-11-25(12-10-24)13-22-30(32)35-29-20-18-27(19-21-29)26-14-16-28(17-15-26)31(33)34-23(2)3/h9-12,14-21,23H,4-8H2,1-3H3. The van der Waals surface area contributed by atoms with E-state index in [4.69, 9.17) is 9.47 Å². The van der Waals surface area contributed by atoms with Gasteiger partial charge in [-0.05, 0) is 79.8 Å². The second-order valence-corrected chi connectivity index (χ2v) is 8.70. The molecule has 35 heavy (non-hydrogen) atoms. The summed E-state index contributed by atoms with van der Waals surface area (Å²) in [7, 11) is 0. The Morgan fingerprint density at radius 2 is 1.43 bits per heavy atom. The molecule has 0 radical (unpaired) electrons. The number of hydrogen-bond donors (Lipinski definition) is 0. The van der Waals surface area contributed by atoms with Crippen molar-refractivity contribution in [2.45, 2.75) is 59.0 Å². The molecule has 0 spiro atoms. The summed E-state index contributed by atoms with van der Waals surface area (Å²) in [6.07, 6.45) is 5.88. The van der Waals surface area contributed by atoms with Crippen LogP contribution in [0.15, 0.2) is 72.8 Å². The molecule has 0 N–H and O–H groups in total. The van der Waals surface area contributed by atoms with Crippen LogP contribution in [0.25, 0.3) is 11.1 Å². The van der Waals surface area contributed by atoms with Crippen LogP contribution in [0, 0.1) is 11.8 Å². The molecule has 180 valence electrons. The lowest BCUT2D eigenvalue weighted by Gasteiger charge is -2.08. The van der Waals surface area contributed by atoms with Gasteiger partial charge < -0.3 is 9.47 Å². The minimum atomic E-state index is -0.602. The molecule has 0 saturated carbocycles. The van der Waals surface area contributed by atoms with Gasteiger partial charge in [-0.1, -0.05) is 68.5 Å². The van der Waals surface area contributed by atoms with Gasteiger partial charge in [-0.25, -0.2) is 9.59 Å². The normalized spacial score (nSPS) is 10.4. The largest absolute Gasteiger partial charge is 0.459 e. The highest BCUT2D eigenvalue weighted by molar-refractivity contribution is 5.91. The third kappa shape index (κ3) is 8.46. The highest BCUT2D eigenvalue weighted by Crippen LogP contribution is 2.23. The van der Waals surface area contributed by atoms with Crippen molar-refractivity contribution in [2.75, 3.05) is 0 Å². The average molecular weight is 469 g/mol. The average Bonchev–Trinajstić information content (AvgIpc) is 2.86. The van der Waals surface area contributed by atoms with E-state index in [0.717, 1.165) is 23.1 Å². The van der Waals surface area contributed by atoms with Crippen LogP contribution in [0.2, 0.25) is 0 Å². The highest BCUT2D eigenvalue weighted by atomic mass is 16.5. The summed E-state index contributed by atoms with van der Waals surface area (Å²) in [6, 6.07) is 22.4. The Labute approximate surface area is 208 Å². The second-order valence-electron chi connectivity index (χ2n) is 8.70. The third-order valence-electron chi connectivity index (χ3n) is 5.44. The first kappa shape index (κ1) is 25.8. The van der Waals surface area contributed by atoms with Crippen molar-refractivity contribution in [3.63, 3.8) is 0 Å². The van der Waals surface area contributed by atoms with Crippen LogP contribution in [-0.2, 0) is 16.0 Å². The van der Waals surface area contributed by atoms with E-state index in [2.05, 4.69) is 30.9 Å². The van der Waals surface area contributed by atoms with Crippen LogP contribution in [0.3, 0.4) is 0 Å². The number of benzene rings is 3. The monoisotopic (exact) mass is 468 g/mol. The summed E-state index contributed by atoms with van der Waals surface area (Å²) in [5, 5.41) is 0. The molecule has 0 aliphatic rings. The Hall–Kier alpha value is -3.84. The van der Waals surface area contributed by atoms with Crippen LogP contribution in [0.4, 0.5) is 0 Å². The number of rotatable bonds is 9. The Morgan fingerprint density at radius 1 is 0.800 bits per heavy atom. The van der Waals surface area contributed by atoms with Crippen molar-refractivity contribution in [2.24, 2.45) is 0 Å². The molecule has 0 bridgehead atoms. The smallest absolute Gasteiger partial charge is 0.390 e. The third-order valence-corrected chi connectivity index (χ3v) is 5.44. The first-order valence-electron chi connectivity index (χ1n) is 12.2. The summed E-state index contributed by atoms with van der Waals surface area (Å²) >= 11 is 0. The summed E-state index contributed by atoms with van der Waals surface area (Å²) in [5.41, 5.74) is 4.47. The molecule has 4 nitrogen and oxygen atoms in total. The SMILES string of the molecule is CCCCCCc1ccc(C#CC(=O)Oc2ccc(-c3ccc(C(=O)OC(C)C)cc3)cc2)cc1. The van der Waals surface area contributed by atoms with E-state index in [1.54, 1.807) is 24.3 Å². The number of esters is 2. The quantitative estimate of drug-likeness (QED) is 0.147. The Balaban J connectivity index is 1.53. The van der Waals surface area contributed by atoms with Gasteiger partial charge in [0, 0.05) is 11.5 Å². The zero-order chi connectivity index (χ0) is 25.0. The maximum Gasteiger partial charge on any atom is 0.390 e. The lowest BCUT2D eigenvalue weighted by atomic mass is 10.0. The Bertz CT molecular complexity index is 1160. The fourth-order valence-electron chi connectivity index (χ4n) is 3.56. The fourth-order valence-corrected chi connectivity index (χ4v) is 3.56. The molecule has 3 aromatic rings. The van der Waals surface area contributed by atoms with Gasteiger partial charge in [0.2, 0.25) is 0 Å². The van der Waals surface area contributed by atoms with Crippen molar-refractivity contribution in [1.82, 2.24) is 0 Å². The van der Waals surface area contributed by atoms with Crippen LogP contribution in [0.5, 0.6) is 5.75 Å². The zero-order valence-corrected chi connectivity index (χ0v) is 20.7. The number of carbonyl (C=O) groups is 2. The molecule has 3 rings (SSSR count). The number of aryl methyl sites for hydroxylation is 1. The molecule has 0 aliphatic heterocycles. The molecule has 3 aromatic carbocycles. The van der Waals surface area contributed by atoms with E-state index in [0.29, 0.717) is 11.3 Å². The van der Waals surface area contributed by atoms with Crippen LogP contribution in [-0.4, -0.2) is 18.0 Å². The first-order chi connectivity index (χ1) is 16.9. The van der Waals surface area contributed by atoms with Crippen LogP contribution in [0.1, 0.15) is 67.9 Å². The van der Waals surface area contributed by atoms with Crippen molar-refractivity contribution >= 4 is 11.9 Å². The number of unbranched alkanes of at least 4 members (excludes halogenated alkanes) is 3. The maximum atomic E-state index is 12.1. The van der Waals surface area contributed by atoms with Gasteiger partial charge in [0.25, 0.3) is 0 Å². The molecule has 0 fully saturated rings. The fraction of sp³-hybridized carbons (Fsp3) is 0.290. The predicted octanol–water partition coefficient (Wildman–Crippen LogP) is 7.00. The molecule has 0 atom stereocenters. The Morgan fingerprint density at radius 3 is 2.03 bits per heavy atom. The number of ether oxygens (including phenoxy) is 2. The van der Waals surface area contributed by atoms with Gasteiger partial charge >= 0.3 is 11.9 Å². The second kappa shape index (κ2) is 13.2. The van der Waals surface area contributed by atoms with E-state index < -0.39 is 5.97 Å². The van der Waals surface area contributed by atoms with Crippen LogP contribution >= 0.6 is 0 Å². The van der Waals surface area contributed by atoms with Crippen molar-refractivity contribution < 1.29 is 19.1 Å². The highest BCUT2D eigenvalue weighted by Gasteiger charge is 2.09. The van der Waals surface area contributed by atoms with Gasteiger partial charge in [-0.2, -0.15) is 0 Å². The molecular weight excluding hydrogens is 436 g/mol. The lowest BCUT2D eigenvalue weighted by Crippen LogP contribution is -2.11. The van der Waals surface area contributed by atoms with Gasteiger partial charge in [0.1, 0.15) is 5.75 Å². The van der Waals surface area contributed by atoms with E-state index in [1.807, 2.05) is 50.2 Å². The molecule has 0 heterocycles. The van der Waals surface area contributed by atoms with E-state index >= 15 is 0 Å². The number of carbonyl (C=O) groups excluding carboxylic acids is 2. The Kier molecular flexibility index (Phi) is 9.69. The van der Waals surface area contributed by atoms with Crippen molar-refractivity contribution in [3.8, 4) is 28.7 Å². The molecule has 4 heteroatoms. The summed E-state index contributed by atoms with van der Waals surface area (Å²) in [4.78, 5) is 24.1. The summed E-state index contributed by atoms with van der Waals surface area (Å²) in [5.74, 6) is 4.90. The van der Waals surface area contributed by atoms with Crippen molar-refractivity contribution in [3.05, 3.63) is 89.5 Å². The zero-order valence-electron chi connectivity index (χ0n) is 20.7. The number of hydrogen-bond acceptors (Lipinski definition) is 4. The van der Waals surface area contributed by atoms with Gasteiger partial charge in [0.15, 0.2) is 0 Å². The minimum Gasteiger partial charge on any atom is -0.459 e. The first-order valence-corrected chi connectivity index (χ1v) is 12.2. The molecular formula is C31H32O4. The van der Waals surface area contributed by atoms with Gasteiger partial charge in [-0.15, -0.1) is 0 Å². The molecule has 0 aliphatic carbocycles. The minimum absolute atomic E-state index is 0.159. The van der Waals surface area contributed by atoms with E-state index in [1.165, 1.54) is 31.2 Å². The topological polar surface area (TPSA) is 52.6 Å². The summed E-state index contributed by atoms with van der Waals surface area (Å²) in [6.45, 7) is 5.85. The molecule has 0 aromatic heterocycles. The molecule has 0 saturated heterocycles. The predicted molar refractivity (Wildman–Crippen MR) is 139 cm³/mol. The van der Waals surface area contributed by atoms with Crippen molar-refractivity contribution in [1.29, 1.82) is 0 Å². The molecule has 0 unspecified atom stereocenters. The summed E-state index contributed by atoms with van der Waals surface area (Å²) < 4.78 is 10.6. The van der Waals surface area contributed by atoms with Gasteiger partial charge in [-0.3, -0.25) is 0 Å². The lowest BCUT2D eigenvalue weighted by molar-refractivity contribution is -0.128. The maximum absolute atomic E-state index is 12.1. The van der Waals surface area contributed by atoms with Crippen LogP contribution < -0.4 is 4.74 Å². The molecule has 0 amide bonds. The van der Waals surface area contributed by atoms with Gasteiger partial charge in [0.05, 0.1) is 11.7 Å².